The van der Waals surface area contributed by atoms with Crippen molar-refractivity contribution in [2.24, 2.45) is 4.99 Å². The molecule has 1 heterocycles. The molecule has 1 aliphatic rings. The van der Waals surface area contributed by atoms with E-state index in [4.69, 9.17) is 4.74 Å². The van der Waals surface area contributed by atoms with E-state index in [-0.39, 0.29) is 10.7 Å². The number of thioether (sulfide) groups is 1. The number of rotatable bonds is 3. The fourth-order valence-corrected chi connectivity index (χ4v) is 4.30. The molecule has 0 saturated carbocycles. The monoisotopic (exact) mass is 437 g/mol. The number of methoxy groups -OCH3 is 1. The van der Waals surface area contributed by atoms with Gasteiger partial charge in [-0.15, -0.1) is 0 Å². The number of carbonyl (C=O) groups excluding carboxylic acids is 1. The lowest BCUT2D eigenvalue weighted by Crippen LogP contribution is -2.63. The van der Waals surface area contributed by atoms with Crippen LogP contribution in [0.5, 0.6) is 5.75 Å². The van der Waals surface area contributed by atoms with Crippen molar-refractivity contribution in [1.82, 2.24) is 5.32 Å². The van der Waals surface area contributed by atoms with Gasteiger partial charge in [-0.2, -0.15) is 13.2 Å². The van der Waals surface area contributed by atoms with E-state index in [1.165, 1.54) is 31.4 Å². The summed E-state index contributed by atoms with van der Waals surface area (Å²) < 4.78 is 48.2. The summed E-state index contributed by atoms with van der Waals surface area (Å²) in [6.45, 7) is 5.28. The predicted molar refractivity (Wildman–Crippen MR) is 113 cm³/mol. The maximum absolute atomic E-state index is 14.4. The van der Waals surface area contributed by atoms with Crippen molar-refractivity contribution in [3.8, 4) is 5.75 Å². The molecule has 0 unspecified atom stereocenters. The number of hydrogen-bond acceptors (Lipinski definition) is 4. The highest BCUT2D eigenvalue weighted by molar-refractivity contribution is 8.15. The van der Waals surface area contributed by atoms with Crippen LogP contribution < -0.4 is 15.0 Å². The number of ether oxygens (including phenoxy) is 1. The number of hydrogen-bond donors (Lipinski definition) is 1. The lowest BCUT2D eigenvalue weighted by atomic mass is 10.1. The van der Waals surface area contributed by atoms with Crippen LogP contribution in [0.4, 0.5) is 23.7 Å². The van der Waals surface area contributed by atoms with Gasteiger partial charge in [0.1, 0.15) is 5.75 Å². The van der Waals surface area contributed by atoms with Crippen LogP contribution in [0.3, 0.4) is 0 Å². The number of aliphatic imine (C=N–C) groups is 1. The number of carbonyl (C=O) groups is 1. The molecule has 0 radical (unpaired) electrons. The zero-order valence-corrected chi connectivity index (χ0v) is 17.8. The van der Waals surface area contributed by atoms with E-state index >= 15 is 0 Å². The van der Waals surface area contributed by atoms with E-state index in [9.17, 15) is 18.0 Å². The molecule has 0 bridgehead atoms. The minimum absolute atomic E-state index is 0.0439. The summed E-state index contributed by atoms with van der Waals surface area (Å²) in [4.78, 5) is 16.0. The van der Waals surface area contributed by atoms with Crippen LogP contribution in [-0.4, -0.2) is 30.0 Å². The van der Waals surface area contributed by atoms with Gasteiger partial charge < -0.3 is 10.1 Å². The van der Waals surface area contributed by atoms with Crippen LogP contribution in [0.25, 0.3) is 0 Å². The van der Waals surface area contributed by atoms with Gasteiger partial charge in [-0.3, -0.25) is 4.99 Å². The lowest BCUT2D eigenvalue weighted by molar-refractivity contribution is -0.167. The van der Waals surface area contributed by atoms with E-state index in [1.54, 1.807) is 51.1 Å². The maximum atomic E-state index is 14.4. The standard InChI is InChI=1S/C21H22F3N3O2S/c1-19(2,3)26-18-27(15-10-12-16(29-4)13-11-15)17(28)25-20(30-18,21(22,23)24)14-8-6-5-7-9-14/h5-13H,1-4H3,(H,25,28)/t20-/m0/s1. The number of amidine groups is 1. The lowest BCUT2D eigenvalue weighted by Gasteiger charge is -2.43. The molecule has 1 fully saturated rings. The summed E-state index contributed by atoms with van der Waals surface area (Å²) in [5.74, 6) is 0.562. The Labute approximate surface area is 177 Å². The molecule has 1 atom stereocenters. The number of amides is 2. The van der Waals surface area contributed by atoms with E-state index in [2.05, 4.69) is 10.3 Å². The number of nitrogens with zero attached hydrogens (tertiary/aromatic N) is 2. The van der Waals surface area contributed by atoms with E-state index in [0.29, 0.717) is 23.2 Å². The average molecular weight is 437 g/mol. The zero-order valence-electron chi connectivity index (χ0n) is 16.9. The predicted octanol–water partition coefficient (Wildman–Crippen LogP) is 5.53. The van der Waals surface area contributed by atoms with Gasteiger partial charge in [0, 0.05) is 0 Å². The van der Waals surface area contributed by atoms with E-state index in [0.717, 1.165) is 4.90 Å². The molecule has 160 valence electrons. The molecule has 1 N–H and O–H groups in total. The Bertz CT molecular complexity index is 941. The number of urea groups is 1. The van der Waals surface area contributed by atoms with E-state index < -0.39 is 22.6 Å². The largest absolute Gasteiger partial charge is 0.497 e. The third-order valence-corrected chi connectivity index (χ3v) is 5.59. The number of alkyl halides is 3. The summed E-state index contributed by atoms with van der Waals surface area (Å²) in [5.41, 5.74) is -0.405. The molecule has 5 nitrogen and oxygen atoms in total. The fraction of sp³-hybridized carbons (Fsp3) is 0.333. The summed E-state index contributed by atoms with van der Waals surface area (Å²) in [6.07, 6.45) is -4.76. The first-order valence-electron chi connectivity index (χ1n) is 9.14. The Balaban J connectivity index is 2.16. The summed E-state index contributed by atoms with van der Waals surface area (Å²) in [7, 11) is 1.50. The van der Waals surface area contributed by atoms with Gasteiger partial charge in [0.25, 0.3) is 0 Å². The molecule has 1 aliphatic heterocycles. The van der Waals surface area contributed by atoms with Gasteiger partial charge in [0.15, 0.2) is 5.17 Å². The average Bonchev–Trinajstić information content (AvgIpc) is 2.66. The highest BCUT2D eigenvalue weighted by Crippen LogP contribution is 2.51. The third kappa shape index (κ3) is 4.26. The molecule has 3 rings (SSSR count). The normalized spacial score (nSPS) is 21.5. The zero-order chi connectivity index (χ0) is 22.2. The van der Waals surface area contributed by atoms with Crippen LogP contribution in [-0.2, 0) is 4.87 Å². The van der Waals surface area contributed by atoms with Gasteiger partial charge in [-0.1, -0.05) is 30.3 Å². The molecular formula is C21H22F3N3O2S. The Morgan fingerprint density at radius 1 is 1.03 bits per heavy atom. The van der Waals surface area contributed by atoms with Crippen molar-refractivity contribution < 1.29 is 22.7 Å². The first-order chi connectivity index (χ1) is 14.0. The van der Waals surface area contributed by atoms with Crippen molar-refractivity contribution in [1.29, 1.82) is 0 Å². The van der Waals surface area contributed by atoms with Gasteiger partial charge in [-0.05, 0) is 62.4 Å². The van der Waals surface area contributed by atoms with Crippen molar-refractivity contribution in [2.45, 2.75) is 37.4 Å². The molecule has 0 aromatic heterocycles. The topological polar surface area (TPSA) is 53.9 Å². The number of anilines is 1. The van der Waals surface area contributed by atoms with Gasteiger partial charge in [-0.25, -0.2) is 9.69 Å². The molecule has 9 heteroatoms. The van der Waals surface area contributed by atoms with Crippen molar-refractivity contribution >= 4 is 28.6 Å². The van der Waals surface area contributed by atoms with Crippen LogP contribution in [0.2, 0.25) is 0 Å². The SMILES string of the molecule is COc1ccc(N2C(=O)N[C@](c3ccccc3)(C(F)(F)F)SC2=NC(C)(C)C)cc1. The highest BCUT2D eigenvalue weighted by atomic mass is 32.2. The highest BCUT2D eigenvalue weighted by Gasteiger charge is 2.62. The summed E-state index contributed by atoms with van der Waals surface area (Å²) in [5, 5.41) is 2.15. The molecule has 1 saturated heterocycles. The Kier molecular flexibility index (Phi) is 5.77. The molecule has 2 aromatic carbocycles. The molecule has 2 aromatic rings. The fourth-order valence-electron chi connectivity index (χ4n) is 2.92. The van der Waals surface area contributed by atoms with Gasteiger partial charge in [0.2, 0.25) is 4.87 Å². The van der Waals surface area contributed by atoms with Gasteiger partial charge >= 0.3 is 12.2 Å². The molecule has 0 aliphatic carbocycles. The minimum atomic E-state index is -4.76. The van der Waals surface area contributed by atoms with Crippen LogP contribution in [0.1, 0.15) is 26.3 Å². The first kappa shape index (κ1) is 22.0. The van der Waals surface area contributed by atoms with Gasteiger partial charge in [0.05, 0.1) is 18.3 Å². The summed E-state index contributed by atoms with van der Waals surface area (Å²) >= 11 is 0.470. The van der Waals surface area contributed by atoms with Crippen LogP contribution in [0.15, 0.2) is 59.6 Å². The molecular weight excluding hydrogens is 415 g/mol. The molecule has 30 heavy (non-hydrogen) atoms. The second-order valence-electron chi connectivity index (χ2n) is 7.68. The van der Waals surface area contributed by atoms with Crippen molar-refractivity contribution in [2.75, 3.05) is 12.0 Å². The van der Waals surface area contributed by atoms with Crippen molar-refractivity contribution in [3.63, 3.8) is 0 Å². The maximum Gasteiger partial charge on any atom is 0.425 e. The van der Waals surface area contributed by atoms with E-state index in [1.807, 2.05) is 0 Å². The smallest absolute Gasteiger partial charge is 0.425 e. The molecule has 2 amide bonds. The van der Waals surface area contributed by atoms with Crippen LogP contribution >= 0.6 is 11.8 Å². The van der Waals surface area contributed by atoms with Crippen molar-refractivity contribution in [3.05, 3.63) is 60.2 Å². The minimum Gasteiger partial charge on any atom is -0.497 e. The summed E-state index contributed by atoms with van der Waals surface area (Å²) in [6, 6.07) is 12.9. The third-order valence-electron chi connectivity index (χ3n) is 4.26. The number of halogens is 3. The van der Waals surface area contributed by atoms with Crippen LogP contribution in [0, 0.1) is 0 Å². The first-order valence-corrected chi connectivity index (χ1v) is 9.96. The quantitative estimate of drug-likeness (QED) is 0.687. The Hall–Kier alpha value is -2.68. The number of nitrogens with one attached hydrogen (secondary N) is 1. The molecule has 0 spiro atoms. The second kappa shape index (κ2) is 7.86. The number of benzene rings is 2. The Morgan fingerprint density at radius 2 is 1.63 bits per heavy atom. The Morgan fingerprint density at radius 3 is 2.13 bits per heavy atom. The second-order valence-corrected chi connectivity index (χ2v) is 8.86.